The van der Waals surface area contributed by atoms with E-state index in [2.05, 4.69) is 4.90 Å². The average Bonchev–Trinajstić information content (AvgIpc) is 3.15. The van der Waals surface area contributed by atoms with Crippen molar-refractivity contribution in [2.75, 3.05) is 13.1 Å². The van der Waals surface area contributed by atoms with E-state index in [1.54, 1.807) is 0 Å². The third-order valence-corrected chi connectivity index (χ3v) is 4.94. The quantitative estimate of drug-likeness (QED) is 0.831. The number of rotatable bonds is 5. The van der Waals surface area contributed by atoms with Crippen LogP contribution in [0.25, 0.3) is 0 Å². The molecular weight excluding hydrogens is 242 g/mol. The first-order valence-electron chi connectivity index (χ1n) is 7.81. The fourth-order valence-electron chi connectivity index (χ4n) is 3.81. The van der Waals surface area contributed by atoms with Crippen LogP contribution in [-0.2, 0) is 9.53 Å². The molecule has 1 N–H and O–H groups in total. The number of aliphatic carboxylic acids is 1. The van der Waals surface area contributed by atoms with Crippen molar-refractivity contribution in [1.29, 1.82) is 0 Å². The zero-order valence-corrected chi connectivity index (χ0v) is 11.6. The predicted octanol–water partition coefficient (Wildman–Crippen LogP) is 2.42. The third kappa shape index (κ3) is 3.29. The highest BCUT2D eigenvalue weighted by atomic mass is 16.5. The lowest BCUT2D eigenvalue weighted by molar-refractivity contribution is -0.139. The topological polar surface area (TPSA) is 49.8 Å². The number of carboxylic acids is 1. The number of hydrogen-bond acceptors (Lipinski definition) is 3. The molecule has 0 aromatic heterocycles. The molecule has 108 valence electrons. The van der Waals surface area contributed by atoms with Gasteiger partial charge in [-0.15, -0.1) is 0 Å². The maximum absolute atomic E-state index is 10.9. The molecule has 1 atom stereocenters. The van der Waals surface area contributed by atoms with Crippen molar-refractivity contribution in [2.45, 2.75) is 75.5 Å². The Bertz CT molecular complexity index is 334. The molecule has 0 aromatic carbocycles. The second kappa shape index (κ2) is 5.41. The zero-order chi connectivity index (χ0) is 13.3. The highest BCUT2D eigenvalue weighted by Crippen LogP contribution is 2.42. The molecule has 1 spiro atoms. The molecule has 3 fully saturated rings. The van der Waals surface area contributed by atoms with Gasteiger partial charge >= 0.3 is 5.97 Å². The molecule has 3 rings (SSSR count). The lowest BCUT2D eigenvalue weighted by atomic mass is 9.83. The van der Waals surface area contributed by atoms with Gasteiger partial charge in [-0.2, -0.15) is 0 Å². The molecular formula is C15H25NO3. The first-order chi connectivity index (χ1) is 9.17. The molecule has 1 heterocycles. The van der Waals surface area contributed by atoms with Crippen LogP contribution in [-0.4, -0.2) is 46.8 Å². The first kappa shape index (κ1) is 13.4. The van der Waals surface area contributed by atoms with Crippen LogP contribution < -0.4 is 0 Å². The molecule has 0 radical (unpaired) electrons. The van der Waals surface area contributed by atoms with E-state index >= 15 is 0 Å². The Labute approximate surface area is 115 Å². The summed E-state index contributed by atoms with van der Waals surface area (Å²) in [5.41, 5.74) is 0.154. The van der Waals surface area contributed by atoms with Crippen LogP contribution in [0.4, 0.5) is 0 Å². The minimum Gasteiger partial charge on any atom is -0.480 e. The average molecular weight is 267 g/mol. The van der Waals surface area contributed by atoms with Crippen molar-refractivity contribution < 1.29 is 14.6 Å². The van der Waals surface area contributed by atoms with Crippen LogP contribution in [0.2, 0.25) is 0 Å². The Balaban J connectivity index is 1.53. The van der Waals surface area contributed by atoms with Crippen LogP contribution in [0.1, 0.15) is 57.8 Å². The molecule has 1 aliphatic heterocycles. The lowest BCUT2D eigenvalue weighted by Crippen LogP contribution is -2.39. The van der Waals surface area contributed by atoms with Crippen LogP contribution in [0.15, 0.2) is 0 Å². The summed E-state index contributed by atoms with van der Waals surface area (Å²) in [6.45, 7) is 0.996. The van der Waals surface area contributed by atoms with Crippen LogP contribution >= 0.6 is 0 Å². The number of hydrogen-bond donors (Lipinski definition) is 1. The van der Waals surface area contributed by atoms with E-state index in [-0.39, 0.29) is 18.2 Å². The molecule has 1 saturated heterocycles. The van der Waals surface area contributed by atoms with Crippen molar-refractivity contribution in [3.63, 3.8) is 0 Å². The minimum atomic E-state index is -0.711. The smallest absolute Gasteiger partial charge is 0.317 e. The van der Waals surface area contributed by atoms with E-state index < -0.39 is 5.97 Å². The summed E-state index contributed by atoms with van der Waals surface area (Å²) >= 11 is 0. The molecule has 0 amide bonds. The molecule has 0 bridgehead atoms. The second-order valence-corrected chi connectivity index (χ2v) is 6.58. The van der Waals surface area contributed by atoms with Gasteiger partial charge in [0.25, 0.3) is 0 Å². The Morgan fingerprint density at radius 3 is 2.53 bits per heavy atom. The summed E-state index contributed by atoms with van der Waals surface area (Å²) in [5.74, 6) is -0.711. The predicted molar refractivity (Wildman–Crippen MR) is 72.2 cm³/mol. The Morgan fingerprint density at radius 1 is 1.16 bits per heavy atom. The van der Waals surface area contributed by atoms with E-state index in [0.717, 1.165) is 25.8 Å². The van der Waals surface area contributed by atoms with E-state index in [9.17, 15) is 4.79 Å². The van der Waals surface area contributed by atoms with Gasteiger partial charge in [-0.1, -0.05) is 19.3 Å². The Hall–Kier alpha value is -0.610. The van der Waals surface area contributed by atoms with Crippen molar-refractivity contribution in [2.24, 2.45) is 0 Å². The SMILES string of the molecule is O=C(O)CN(CC1CCC2(CCCCC2)O1)C1CC1. The standard InChI is InChI=1S/C15H25NO3/c17-14(18)11-16(12-4-5-12)10-13-6-9-15(19-13)7-2-1-3-8-15/h12-13H,1-11H2,(H,17,18). The van der Waals surface area contributed by atoms with Crippen LogP contribution in [0, 0.1) is 0 Å². The van der Waals surface area contributed by atoms with Crippen molar-refractivity contribution in [1.82, 2.24) is 4.90 Å². The van der Waals surface area contributed by atoms with Gasteiger partial charge < -0.3 is 9.84 Å². The summed E-state index contributed by atoms with van der Waals surface area (Å²) in [7, 11) is 0. The number of ether oxygens (including phenoxy) is 1. The van der Waals surface area contributed by atoms with E-state index in [1.165, 1.54) is 38.5 Å². The van der Waals surface area contributed by atoms with Crippen molar-refractivity contribution in [3.05, 3.63) is 0 Å². The summed E-state index contributed by atoms with van der Waals surface area (Å²) < 4.78 is 6.35. The highest BCUT2D eigenvalue weighted by molar-refractivity contribution is 5.69. The van der Waals surface area contributed by atoms with Crippen LogP contribution in [0.5, 0.6) is 0 Å². The summed E-state index contributed by atoms with van der Waals surface area (Å²) in [5, 5.41) is 8.99. The van der Waals surface area contributed by atoms with E-state index in [4.69, 9.17) is 9.84 Å². The normalized spacial score (nSPS) is 30.1. The maximum Gasteiger partial charge on any atom is 0.317 e. The summed E-state index contributed by atoms with van der Waals surface area (Å²) in [6.07, 6.45) is 11.3. The number of carboxylic acid groups (broad SMARTS) is 1. The molecule has 19 heavy (non-hydrogen) atoms. The van der Waals surface area contributed by atoms with E-state index in [0.29, 0.717) is 6.04 Å². The summed E-state index contributed by atoms with van der Waals surface area (Å²) in [4.78, 5) is 13.0. The van der Waals surface area contributed by atoms with Crippen molar-refractivity contribution >= 4 is 5.97 Å². The molecule has 2 aliphatic carbocycles. The van der Waals surface area contributed by atoms with Gasteiger partial charge in [0.15, 0.2) is 0 Å². The minimum absolute atomic E-state index is 0.154. The third-order valence-electron chi connectivity index (χ3n) is 4.94. The van der Waals surface area contributed by atoms with Gasteiger partial charge in [-0.25, -0.2) is 0 Å². The fraction of sp³-hybridized carbons (Fsp3) is 0.933. The molecule has 1 unspecified atom stereocenters. The van der Waals surface area contributed by atoms with Crippen LogP contribution in [0.3, 0.4) is 0 Å². The first-order valence-corrected chi connectivity index (χ1v) is 7.81. The summed E-state index contributed by atoms with van der Waals surface area (Å²) in [6, 6.07) is 0.502. The van der Waals surface area contributed by atoms with Gasteiger partial charge in [0, 0.05) is 12.6 Å². The van der Waals surface area contributed by atoms with Crippen molar-refractivity contribution in [3.8, 4) is 0 Å². The molecule has 2 saturated carbocycles. The van der Waals surface area contributed by atoms with Gasteiger partial charge in [-0.3, -0.25) is 9.69 Å². The van der Waals surface area contributed by atoms with Gasteiger partial charge in [-0.05, 0) is 38.5 Å². The monoisotopic (exact) mass is 267 g/mol. The zero-order valence-electron chi connectivity index (χ0n) is 11.6. The number of nitrogens with zero attached hydrogens (tertiary/aromatic N) is 1. The lowest BCUT2D eigenvalue weighted by Gasteiger charge is -2.34. The van der Waals surface area contributed by atoms with Gasteiger partial charge in [0.2, 0.25) is 0 Å². The fourth-order valence-corrected chi connectivity index (χ4v) is 3.81. The highest BCUT2D eigenvalue weighted by Gasteiger charge is 2.42. The second-order valence-electron chi connectivity index (χ2n) is 6.58. The molecule has 4 heteroatoms. The number of carbonyl (C=O) groups is 1. The molecule has 0 aromatic rings. The Kier molecular flexibility index (Phi) is 3.81. The molecule has 3 aliphatic rings. The Morgan fingerprint density at radius 2 is 1.89 bits per heavy atom. The van der Waals surface area contributed by atoms with E-state index in [1.807, 2.05) is 0 Å². The maximum atomic E-state index is 10.9. The van der Waals surface area contributed by atoms with Gasteiger partial charge in [0.05, 0.1) is 18.2 Å². The molecule has 4 nitrogen and oxygen atoms in total. The van der Waals surface area contributed by atoms with Gasteiger partial charge in [0.1, 0.15) is 0 Å². The largest absolute Gasteiger partial charge is 0.480 e.